The molecule has 0 spiro atoms. The van der Waals surface area contributed by atoms with Crippen LogP contribution in [0.4, 0.5) is 31.9 Å². The van der Waals surface area contributed by atoms with E-state index in [-0.39, 0.29) is 5.95 Å². The average Bonchev–Trinajstić information content (AvgIpc) is 2.59. The normalized spacial score (nSPS) is 10.8. The fraction of sp³-hybridized carbons (Fsp3) is 0.167. The van der Waals surface area contributed by atoms with Crippen LogP contribution < -0.4 is 10.6 Å². The van der Waals surface area contributed by atoms with E-state index in [1.165, 1.54) is 17.8 Å². The number of hydrogen-bond donors (Lipinski definition) is 2. The molecule has 0 aliphatic heterocycles. The third kappa shape index (κ3) is 4.26. The van der Waals surface area contributed by atoms with Gasteiger partial charge in [-0.05, 0) is 35.7 Å². The van der Waals surface area contributed by atoms with Crippen LogP contribution in [0.1, 0.15) is 25.3 Å². The number of benzene rings is 2. The molecule has 1 heterocycles. The zero-order valence-corrected chi connectivity index (χ0v) is 13.8. The summed E-state index contributed by atoms with van der Waals surface area (Å²) in [4.78, 5) is 4.26. The second-order valence-electron chi connectivity index (χ2n) is 5.82. The Morgan fingerprint density at radius 2 is 1.60 bits per heavy atom. The van der Waals surface area contributed by atoms with Crippen LogP contribution in [-0.4, -0.2) is 15.2 Å². The molecule has 2 aromatic carbocycles. The summed E-state index contributed by atoms with van der Waals surface area (Å²) in [5, 5.41) is 13.6. The molecular weight excluding hydrogens is 324 g/mol. The third-order valence-electron chi connectivity index (χ3n) is 3.58. The number of rotatable bonds is 5. The molecule has 2 N–H and O–H groups in total. The lowest BCUT2D eigenvalue weighted by Crippen LogP contribution is -2.03. The van der Waals surface area contributed by atoms with Crippen LogP contribution in [0, 0.1) is 11.6 Å². The van der Waals surface area contributed by atoms with Crippen molar-refractivity contribution in [2.75, 3.05) is 10.6 Å². The maximum absolute atomic E-state index is 13.3. The minimum Gasteiger partial charge on any atom is -0.339 e. The monoisotopic (exact) mass is 341 g/mol. The van der Waals surface area contributed by atoms with E-state index in [2.05, 4.69) is 39.7 Å². The molecule has 1 aromatic heterocycles. The average molecular weight is 341 g/mol. The number of hydrogen-bond acceptors (Lipinski definition) is 5. The Bertz CT molecular complexity index is 866. The van der Waals surface area contributed by atoms with Gasteiger partial charge in [-0.3, -0.25) is 0 Å². The highest BCUT2D eigenvalue weighted by Gasteiger charge is 2.06. The van der Waals surface area contributed by atoms with Crippen molar-refractivity contribution in [2.45, 2.75) is 19.8 Å². The van der Waals surface area contributed by atoms with Crippen LogP contribution in [0.3, 0.4) is 0 Å². The number of nitrogens with zero attached hydrogens (tertiary/aromatic N) is 3. The first-order valence-electron chi connectivity index (χ1n) is 7.80. The molecule has 0 amide bonds. The van der Waals surface area contributed by atoms with Crippen LogP contribution >= 0.6 is 0 Å². The summed E-state index contributed by atoms with van der Waals surface area (Å²) in [6, 6.07) is 11.5. The van der Waals surface area contributed by atoms with Gasteiger partial charge in [0, 0.05) is 17.4 Å². The quantitative estimate of drug-likeness (QED) is 0.700. The summed E-state index contributed by atoms with van der Waals surface area (Å²) in [5.74, 6) is -0.740. The van der Waals surface area contributed by atoms with E-state index < -0.39 is 11.6 Å². The smallest absolute Gasteiger partial charge is 0.249 e. The van der Waals surface area contributed by atoms with Crippen LogP contribution in [0.15, 0.2) is 48.7 Å². The van der Waals surface area contributed by atoms with Crippen LogP contribution in [-0.2, 0) is 0 Å². The molecular formula is C18H17F2N5. The van der Waals surface area contributed by atoms with Gasteiger partial charge in [0.2, 0.25) is 5.95 Å². The summed E-state index contributed by atoms with van der Waals surface area (Å²) < 4.78 is 26.2. The molecule has 7 heteroatoms. The number of nitrogens with one attached hydrogen (secondary N) is 2. The van der Waals surface area contributed by atoms with E-state index in [1.54, 1.807) is 0 Å². The summed E-state index contributed by atoms with van der Waals surface area (Å²) in [6.45, 7) is 4.26. The molecule has 0 unspecified atom stereocenters. The maximum Gasteiger partial charge on any atom is 0.249 e. The molecule has 128 valence electrons. The fourth-order valence-corrected chi connectivity index (χ4v) is 2.22. The van der Waals surface area contributed by atoms with Gasteiger partial charge in [-0.1, -0.05) is 26.0 Å². The van der Waals surface area contributed by atoms with Gasteiger partial charge in [0.05, 0.1) is 6.20 Å². The third-order valence-corrected chi connectivity index (χ3v) is 3.58. The Hall–Kier alpha value is -3.09. The minimum absolute atomic E-state index is 0.176. The SMILES string of the molecule is CC(C)c1ccc(Nc2cnnc(Nc3ccc(F)c(F)c3)n2)cc1. The Kier molecular flexibility index (Phi) is 4.83. The zero-order chi connectivity index (χ0) is 17.8. The van der Waals surface area contributed by atoms with Gasteiger partial charge in [0.15, 0.2) is 17.5 Å². The standard InChI is InChI=1S/C18H17F2N5/c1-11(2)12-3-5-13(6-4-12)22-17-10-21-25-18(24-17)23-14-7-8-15(19)16(20)9-14/h3-11H,1-2H3,(H2,22,23,24,25). The minimum atomic E-state index is -0.947. The second-order valence-corrected chi connectivity index (χ2v) is 5.82. The van der Waals surface area contributed by atoms with Gasteiger partial charge in [0.25, 0.3) is 0 Å². The summed E-state index contributed by atoms with van der Waals surface area (Å²) >= 11 is 0. The fourth-order valence-electron chi connectivity index (χ4n) is 2.22. The van der Waals surface area contributed by atoms with E-state index >= 15 is 0 Å². The van der Waals surface area contributed by atoms with Crippen molar-refractivity contribution in [1.29, 1.82) is 0 Å². The first-order valence-corrected chi connectivity index (χ1v) is 7.80. The highest BCUT2D eigenvalue weighted by Crippen LogP contribution is 2.21. The van der Waals surface area contributed by atoms with Gasteiger partial charge >= 0.3 is 0 Å². The molecule has 3 aromatic rings. The van der Waals surface area contributed by atoms with E-state index in [0.717, 1.165) is 17.8 Å². The molecule has 0 saturated heterocycles. The van der Waals surface area contributed by atoms with Gasteiger partial charge in [-0.2, -0.15) is 10.1 Å². The Morgan fingerprint density at radius 1 is 0.880 bits per heavy atom. The van der Waals surface area contributed by atoms with E-state index in [1.807, 2.05) is 24.3 Å². The van der Waals surface area contributed by atoms with Crippen molar-refractivity contribution in [1.82, 2.24) is 15.2 Å². The summed E-state index contributed by atoms with van der Waals surface area (Å²) in [7, 11) is 0. The highest BCUT2D eigenvalue weighted by atomic mass is 19.2. The number of aromatic nitrogens is 3. The number of halogens is 2. The lowest BCUT2D eigenvalue weighted by atomic mass is 10.0. The lowest BCUT2D eigenvalue weighted by molar-refractivity contribution is 0.509. The Balaban J connectivity index is 1.73. The molecule has 0 saturated carbocycles. The Morgan fingerprint density at radius 3 is 2.28 bits per heavy atom. The first kappa shape index (κ1) is 16.8. The molecule has 0 radical (unpaired) electrons. The van der Waals surface area contributed by atoms with Crippen molar-refractivity contribution < 1.29 is 8.78 Å². The molecule has 0 atom stereocenters. The highest BCUT2D eigenvalue weighted by molar-refractivity contribution is 5.59. The van der Waals surface area contributed by atoms with Gasteiger partial charge in [-0.15, -0.1) is 5.10 Å². The van der Waals surface area contributed by atoms with E-state index in [4.69, 9.17) is 0 Å². The van der Waals surface area contributed by atoms with Crippen LogP contribution in [0.5, 0.6) is 0 Å². The van der Waals surface area contributed by atoms with Gasteiger partial charge in [0.1, 0.15) is 0 Å². The van der Waals surface area contributed by atoms with Gasteiger partial charge in [-0.25, -0.2) is 8.78 Å². The molecule has 25 heavy (non-hydrogen) atoms. The predicted molar refractivity (Wildman–Crippen MR) is 93.3 cm³/mol. The largest absolute Gasteiger partial charge is 0.339 e. The summed E-state index contributed by atoms with van der Waals surface area (Å²) in [5.41, 5.74) is 2.44. The van der Waals surface area contributed by atoms with Crippen molar-refractivity contribution in [3.63, 3.8) is 0 Å². The molecule has 5 nitrogen and oxygen atoms in total. The van der Waals surface area contributed by atoms with Crippen molar-refractivity contribution in [2.24, 2.45) is 0 Å². The summed E-state index contributed by atoms with van der Waals surface area (Å²) in [6.07, 6.45) is 1.48. The topological polar surface area (TPSA) is 62.7 Å². The van der Waals surface area contributed by atoms with Gasteiger partial charge < -0.3 is 10.6 Å². The van der Waals surface area contributed by atoms with E-state index in [9.17, 15) is 8.78 Å². The molecule has 0 aliphatic rings. The number of anilines is 4. The molecule has 0 fully saturated rings. The lowest BCUT2D eigenvalue weighted by Gasteiger charge is -2.09. The predicted octanol–water partition coefficient (Wildman–Crippen LogP) is 4.76. The van der Waals surface area contributed by atoms with Crippen molar-refractivity contribution >= 4 is 23.1 Å². The van der Waals surface area contributed by atoms with Crippen molar-refractivity contribution in [3.8, 4) is 0 Å². The van der Waals surface area contributed by atoms with Crippen molar-refractivity contribution in [3.05, 3.63) is 65.9 Å². The molecule has 0 aliphatic carbocycles. The second kappa shape index (κ2) is 7.21. The molecule has 3 rings (SSSR count). The first-order chi connectivity index (χ1) is 12.0. The van der Waals surface area contributed by atoms with Crippen LogP contribution in [0.25, 0.3) is 0 Å². The molecule has 0 bridgehead atoms. The zero-order valence-electron chi connectivity index (χ0n) is 13.8. The maximum atomic E-state index is 13.3. The Labute approximate surface area is 144 Å². The van der Waals surface area contributed by atoms with Crippen LogP contribution in [0.2, 0.25) is 0 Å². The van der Waals surface area contributed by atoms with E-state index in [0.29, 0.717) is 17.4 Å².